The van der Waals surface area contributed by atoms with Crippen LogP contribution < -0.4 is 5.32 Å². The predicted octanol–water partition coefficient (Wildman–Crippen LogP) is 14.1. The Hall–Kier alpha value is -9.82. The average Bonchev–Trinajstić information content (AvgIpc) is 0.754. The first kappa shape index (κ1) is 99.7. The van der Waals surface area contributed by atoms with Gasteiger partial charge in [0.1, 0.15) is 130 Å². The SMILES string of the molecule is CC(=O)OCC1OC(OC2C(COC(=O)CCl)OC(OC3C(COC(C)=O)OC(OC4C(COC(=O)CCl)OC(OCCCCCCNC(=O)OCC(Cl)(Cl)Cl)C(OC(=O)c5ccccc5)C4OCc4ccccc4)C(N=[N+]=[N-])C3OCc3ccccc3)C(OC(=O)c3ccccc3)C2OCc2ccccc2)C(N=[N+]=[N-])C(OCc2ccccc2)C1OCc1ccccc1. The second-order valence-corrected chi connectivity index (χ2v) is 32.8. The standard InChI is InChI=1S/C90H98Cl5N7O27/c1-56(103)111-51-65-73(115-46-58-28-12-5-13-29-58)77(116-47-59-30-14-6-15-31-59)71(99-101-96)85(121-65)128-76-68(54-114-70(106)45-92)124-88(82(126-84(108)64-40-24-11-25-41-64)80(76)119-50-62-36-20-9-21-37-62)129-74-66(52-112-57(2)104)122-86(72(100-102-97)78(74)117-48-60-32-16-7-17-33-60)127-75-67(53-113-69(105)44-91)123-87(110-43-27-4-3-26-42-98-89(109)120-55-90(93,94)95)81(125-83(107)63-38-22-10-23-39-63)79(75)118-49-61-34-18-8-19-35-61/h5-25,28-41,65-68,71-82,85-88H,3-4,26-27,42-55H2,1-2H3,(H,98,109). The van der Waals surface area contributed by atoms with Crippen molar-refractivity contribution in [3.63, 3.8) is 0 Å². The maximum atomic E-state index is 15.3. The van der Waals surface area contributed by atoms with E-state index in [1.165, 1.54) is 31.2 Å². The number of alkyl carbamates (subject to hydrolysis) is 1. The first-order chi connectivity index (χ1) is 62.6. The van der Waals surface area contributed by atoms with Crippen molar-refractivity contribution >= 4 is 99.9 Å². The molecule has 0 aliphatic carbocycles. The lowest BCUT2D eigenvalue weighted by molar-refractivity contribution is -0.381. The molecule has 690 valence electrons. The van der Waals surface area contributed by atoms with Crippen LogP contribution in [-0.2, 0) is 147 Å². The second-order valence-electron chi connectivity index (χ2n) is 29.8. The van der Waals surface area contributed by atoms with E-state index >= 15 is 4.79 Å². The Labute approximate surface area is 768 Å². The molecule has 7 aromatic carbocycles. The first-order valence-corrected chi connectivity index (χ1v) is 43.6. The molecular formula is C90H98Cl5N7O27. The Morgan fingerprint density at radius 1 is 0.372 bits per heavy atom. The van der Waals surface area contributed by atoms with Crippen LogP contribution in [0.3, 0.4) is 0 Å². The first-order valence-electron chi connectivity index (χ1n) is 41.4. The van der Waals surface area contributed by atoms with Crippen molar-refractivity contribution in [3.05, 3.63) is 272 Å². The Kier molecular flexibility index (Phi) is 40.4. The summed E-state index contributed by atoms with van der Waals surface area (Å²) in [6.45, 7) is -1.74. The highest BCUT2D eigenvalue weighted by Gasteiger charge is 2.60. The van der Waals surface area contributed by atoms with E-state index in [9.17, 15) is 39.8 Å². The van der Waals surface area contributed by atoms with Crippen molar-refractivity contribution < 1.29 is 128 Å². The smallest absolute Gasteiger partial charge is 0.407 e. The number of benzene rings is 7. The number of carbonyl (C=O) groups is 7. The molecule has 7 aromatic rings. The molecule has 39 heteroatoms. The van der Waals surface area contributed by atoms with E-state index in [0.717, 1.165) is 12.5 Å². The normalized spacial score (nSPS) is 25.5. The number of nitrogens with zero attached hydrogens (tertiary/aromatic N) is 6. The van der Waals surface area contributed by atoms with Gasteiger partial charge in [0, 0.05) is 36.8 Å². The fourth-order valence-electron chi connectivity index (χ4n) is 14.4. The fourth-order valence-corrected chi connectivity index (χ4v) is 14.8. The lowest BCUT2D eigenvalue weighted by Crippen LogP contribution is -2.68. The van der Waals surface area contributed by atoms with Crippen molar-refractivity contribution in [1.82, 2.24) is 5.32 Å². The Morgan fingerprint density at radius 2 is 0.690 bits per heavy atom. The van der Waals surface area contributed by atoms with Gasteiger partial charge in [-0.3, -0.25) is 19.2 Å². The number of rotatable bonds is 46. The highest BCUT2D eigenvalue weighted by molar-refractivity contribution is 6.67. The molecule has 0 saturated carbocycles. The third kappa shape index (κ3) is 31.2. The molecule has 4 fully saturated rings. The summed E-state index contributed by atoms with van der Waals surface area (Å²) in [6, 6.07) is 56.8. The van der Waals surface area contributed by atoms with Crippen molar-refractivity contribution in [2.24, 2.45) is 10.2 Å². The van der Waals surface area contributed by atoms with E-state index in [1.54, 1.807) is 140 Å². The number of azide groups is 2. The van der Waals surface area contributed by atoms with Gasteiger partial charge in [-0.2, -0.15) is 0 Å². The van der Waals surface area contributed by atoms with E-state index in [2.05, 4.69) is 25.4 Å². The molecule has 4 aliphatic heterocycles. The molecule has 34 nitrogen and oxygen atoms in total. The molecule has 0 spiro atoms. The zero-order valence-electron chi connectivity index (χ0n) is 70.1. The number of esters is 6. The zero-order valence-corrected chi connectivity index (χ0v) is 73.9. The van der Waals surface area contributed by atoms with Gasteiger partial charge in [-0.15, -0.1) is 23.2 Å². The highest BCUT2D eigenvalue weighted by atomic mass is 35.6. The molecule has 20 unspecified atom stereocenters. The van der Waals surface area contributed by atoms with Crippen molar-refractivity contribution in [2.75, 3.05) is 57.9 Å². The molecule has 4 saturated heterocycles. The number of unbranched alkanes of at least 4 members (excludes halogenated alkanes) is 3. The number of carbonyl (C=O) groups excluding carboxylic acids is 7. The highest BCUT2D eigenvalue weighted by Crippen LogP contribution is 2.42. The van der Waals surface area contributed by atoms with Crippen LogP contribution in [-0.4, -0.2) is 226 Å². The average molecular weight is 1890 g/mol. The van der Waals surface area contributed by atoms with Gasteiger partial charge in [0.15, 0.2) is 37.4 Å². The van der Waals surface area contributed by atoms with E-state index < -0.39 is 213 Å². The summed E-state index contributed by atoms with van der Waals surface area (Å²) in [5, 5.41) is 11.2. The molecular weight excluding hydrogens is 1790 g/mol. The quantitative estimate of drug-likeness (QED) is 0.00704. The number of amides is 1. The van der Waals surface area contributed by atoms with Crippen LogP contribution in [0.4, 0.5) is 4.79 Å². The van der Waals surface area contributed by atoms with Crippen LogP contribution in [0.1, 0.15) is 88.1 Å². The number of ether oxygens (including phenoxy) is 20. The Bertz CT molecular complexity index is 4730. The zero-order chi connectivity index (χ0) is 91.3. The predicted molar refractivity (Wildman–Crippen MR) is 462 cm³/mol. The largest absolute Gasteiger partial charge is 0.463 e. The molecule has 20 atom stereocenters. The van der Waals surface area contributed by atoms with Gasteiger partial charge < -0.3 is 100 Å². The summed E-state index contributed by atoms with van der Waals surface area (Å²) in [5.74, 6) is -6.65. The molecule has 4 aliphatic rings. The molecule has 1 N–H and O–H groups in total. The summed E-state index contributed by atoms with van der Waals surface area (Å²) in [4.78, 5) is 102. The fraction of sp³-hybridized carbons (Fsp3) is 0.456. The van der Waals surface area contributed by atoms with Crippen LogP contribution in [0.5, 0.6) is 0 Å². The van der Waals surface area contributed by atoms with Gasteiger partial charge in [-0.25, -0.2) is 14.4 Å². The summed E-state index contributed by atoms with van der Waals surface area (Å²) < 4.78 is 130. The van der Waals surface area contributed by atoms with Crippen molar-refractivity contribution in [2.45, 2.75) is 199 Å². The summed E-state index contributed by atoms with van der Waals surface area (Å²) in [7, 11) is 0. The van der Waals surface area contributed by atoms with Gasteiger partial charge in [0.2, 0.25) is 3.79 Å². The number of hydrogen-bond donors (Lipinski definition) is 1. The summed E-state index contributed by atoms with van der Waals surface area (Å²) >= 11 is 29.6. The van der Waals surface area contributed by atoms with E-state index in [-0.39, 0.29) is 57.3 Å². The molecule has 129 heavy (non-hydrogen) atoms. The van der Waals surface area contributed by atoms with Gasteiger partial charge in [-0.1, -0.05) is 246 Å². The molecule has 4 heterocycles. The van der Waals surface area contributed by atoms with Crippen LogP contribution in [0.15, 0.2) is 223 Å². The van der Waals surface area contributed by atoms with Gasteiger partial charge in [0.25, 0.3) is 0 Å². The minimum atomic E-state index is -2.05. The minimum Gasteiger partial charge on any atom is -0.463 e. The van der Waals surface area contributed by atoms with Gasteiger partial charge in [-0.05, 0) is 76.0 Å². The summed E-state index contributed by atoms with van der Waals surface area (Å²) in [5.41, 5.74) is 25.0. The molecule has 11 rings (SSSR count). The van der Waals surface area contributed by atoms with Gasteiger partial charge in [0.05, 0.1) is 44.2 Å². The monoisotopic (exact) mass is 1880 g/mol. The number of hydrogen-bond acceptors (Lipinski definition) is 29. The van der Waals surface area contributed by atoms with Gasteiger partial charge >= 0.3 is 41.9 Å². The number of alkyl halides is 5. The van der Waals surface area contributed by atoms with E-state index in [4.69, 9.17) is 153 Å². The Balaban J connectivity index is 1.02. The second kappa shape index (κ2) is 52.3. The van der Waals surface area contributed by atoms with E-state index in [1.807, 2.05) is 48.5 Å². The number of nitrogens with one attached hydrogen (secondary N) is 1. The van der Waals surface area contributed by atoms with Crippen LogP contribution in [0.25, 0.3) is 20.9 Å². The molecule has 1 amide bonds. The van der Waals surface area contributed by atoms with Crippen LogP contribution in [0, 0.1) is 0 Å². The van der Waals surface area contributed by atoms with Crippen molar-refractivity contribution in [1.29, 1.82) is 0 Å². The summed E-state index contributed by atoms with van der Waals surface area (Å²) in [6.07, 6.45) is -28.7. The molecule has 0 aromatic heterocycles. The molecule has 0 radical (unpaired) electrons. The van der Waals surface area contributed by atoms with Crippen molar-refractivity contribution in [3.8, 4) is 0 Å². The Morgan fingerprint density at radius 3 is 1.07 bits per heavy atom. The third-order valence-electron chi connectivity index (χ3n) is 20.5. The topological polar surface area (TPSA) is 414 Å². The third-order valence-corrected chi connectivity index (χ3v) is 21.3. The van der Waals surface area contributed by atoms with Crippen LogP contribution in [0.2, 0.25) is 0 Å². The maximum Gasteiger partial charge on any atom is 0.407 e. The minimum absolute atomic E-state index is 0.00887. The molecule has 0 bridgehead atoms. The van der Waals surface area contributed by atoms with Crippen LogP contribution >= 0.6 is 58.0 Å². The van der Waals surface area contributed by atoms with E-state index in [0.29, 0.717) is 47.9 Å². The lowest BCUT2D eigenvalue weighted by Gasteiger charge is -2.51. The number of halogens is 5. The lowest BCUT2D eigenvalue weighted by atomic mass is 9.93. The maximum absolute atomic E-state index is 15.3.